The van der Waals surface area contributed by atoms with Gasteiger partial charge in [-0.3, -0.25) is 4.79 Å². The standard InChI is InChI=1S/C37H42Cl3N3O7/c1-41-37(45)50-17-15-24-6-13-30(38)26(20-24)21-43(27-9-10-27)36(44)34-29(14-16-42-33(34)22-47-23-46-2)25-7-11-28(12-8-25)48-18-19-49-35-31(39)4-3-5-32(35)40/h3-8,11-13,20,27,33,42H,9-10,14-19,21-23H2,1-2H3,(H,41,45)/t33-/m1/s1. The molecule has 5 rings (SSSR count). The quantitative estimate of drug-likeness (QED) is 0.113. The number of alkyl carbamates (subject to hydrolysis) is 1. The summed E-state index contributed by atoms with van der Waals surface area (Å²) in [5.74, 6) is 1.04. The van der Waals surface area contributed by atoms with Gasteiger partial charge in [-0.2, -0.15) is 0 Å². The number of benzene rings is 3. The van der Waals surface area contributed by atoms with Crippen molar-refractivity contribution in [1.29, 1.82) is 0 Å². The van der Waals surface area contributed by atoms with Gasteiger partial charge in [0.15, 0.2) is 5.75 Å². The van der Waals surface area contributed by atoms with Gasteiger partial charge in [-0.25, -0.2) is 4.79 Å². The van der Waals surface area contributed by atoms with Crippen molar-refractivity contribution >= 4 is 52.4 Å². The zero-order valence-corrected chi connectivity index (χ0v) is 30.4. The van der Waals surface area contributed by atoms with Crippen LogP contribution in [0.1, 0.15) is 36.0 Å². The van der Waals surface area contributed by atoms with Gasteiger partial charge in [-0.05, 0) is 78.4 Å². The number of hydrogen-bond donors (Lipinski definition) is 2. The number of ether oxygens (including phenoxy) is 5. The molecule has 1 heterocycles. The minimum atomic E-state index is -0.481. The molecule has 268 valence electrons. The van der Waals surface area contributed by atoms with E-state index in [1.165, 1.54) is 7.05 Å². The van der Waals surface area contributed by atoms with Gasteiger partial charge in [-0.1, -0.05) is 65.1 Å². The minimum Gasteiger partial charge on any atom is -0.490 e. The number of rotatable bonds is 17. The Kier molecular flexibility index (Phi) is 14.1. The van der Waals surface area contributed by atoms with Crippen molar-refractivity contribution in [2.75, 3.05) is 53.9 Å². The van der Waals surface area contributed by atoms with Gasteiger partial charge in [0.1, 0.15) is 25.8 Å². The number of halogens is 3. The van der Waals surface area contributed by atoms with Gasteiger partial charge in [0.25, 0.3) is 5.91 Å². The van der Waals surface area contributed by atoms with Crippen molar-refractivity contribution in [3.63, 3.8) is 0 Å². The van der Waals surface area contributed by atoms with Gasteiger partial charge in [0.2, 0.25) is 0 Å². The topological polar surface area (TPSA) is 108 Å². The van der Waals surface area contributed by atoms with Crippen LogP contribution in [0.15, 0.2) is 66.2 Å². The van der Waals surface area contributed by atoms with E-state index in [1.807, 2.05) is 47.4 Å². The highest BCUT2D eigenvalue weighted by Crippen LogP contribution is 2.36. The van der Waals surface area contributed by atoms with Gasteiger partial charge in [-0.15, -0.1) is 0 Å². The summed E-state index contributed by atoms with van der Waals surface area (Å²) in [6.07, 6.45) is 2.54. The summed E-state index contributed by atoms with van der Waals surface area (Å²) < 4.78 is 27.8. The van der Waals surface area contributed by atoms with Crippen molar-refractivity contribution in [2.24, 2.45) is 0 Å². The Bertz CT molecular complexity index is 1630. The van der Waals surface area contributed by atoms with Crippen LogP contribution < -0.4 is 20.1 Å². The molecule has 1 fully saturated rings. The molecule has 2 aliphatic rings. The summed E-state index contributed by atoms with van der Waals surface area (Å²) in [4.78, 5) is 28.1. The largest absolute Gasteiger partial charge is 0.490 e. The molecule has 10 nitrogen and oxygen atoms in total. The molecule has 13 heteroatoms. The molecule has 0 bridgehead atoms. The molecule has 2 amide bonds. The van der Waals surface area contributed by atoms with Crippen molar-refractivity contribution in [3.8, 4) is 11.5 Å². The third-order valence-corrected chi connectivity index (χ3v) is 9.37. The fourth-order valence-corrected chi connectivity index (χ4v) is 6.48. The van der Waals surface area contributed by atoms with Crippen molar-refractivity contribution in [1.82, 2.24) is 15.5 Å². The molecular formula is C37H42Cl3N3O7. The number of hydrogen-bond acceptors (Lipinski definition) is 8. The summed E-state index contributed by atoms with van der Waals surface area (Å²) in [6, 6.07) is 18.4. The maximum absolute atomic E-state index is 14.7. The number of amides is 2. The van der Waals surface area contributed by atoms with E-state index in [9.17, 15) is 9.59 Å². The van der Waals surface area contributed by atoms with Gasteiger partial charge in [0.05, 0.1) is 29.3 Å². The van der Waals surface area contributed by atoms with Crippen LogP contribution in [0, 0.1) is 0 Å². The number of nitrogens with one attached hydrogen (secondary N) is 2. The van der Waals surface area contributed by atoms with E-state index in [0.29, 0.717) is 58.1 Å². The molecule has 1 aliphatic carbocycles. The number of para-hydroxylation sites is 1. The lowest BCUT2D eigenvalue weighted by molar-refractivity contribution is -0.129. The number of methoxy groups -OCH3 is 1. The van der Waals surface area contributed by atoms with Gasteiger partial charge >= 0.3 is 6.09 Å². The van der Waals surface area contributed by atoms with Gasteiger partial charge in [0, 0.05) is 43.8 Å². The second-order valence-electron chi connectivity index (χ2n) is 11.9. The van der Waals surface area contributed by atoms with Crippen LogP contribution in [-0.2, 0) is 32.0 Å². The van der Waals surface area contributed by atoms with Crippen LogP contribution in [0.4, 0.5) is 4.79 Å². The second kappa shape index (κ2) is 18.6. The Hall–Kier alpha value is -3.51. The molecule has 1 atom stereocenters. The van der Waals surface area contributed by atoms with E-state index < -0.39 is 6.09 Å². The molecule has 3 aromatic rings. The Labute approximate surface area is 307 Å². The first-order valence-corrected chi connectivity index (χ1v) is 17.7. The number of carbonyl (C=O) groups excluding carboxylic acids is 2. The third kappa shape index (κ3) is 10.3. The van der Waals surface area contributed by atoms with Crippen molar-refractivity contribution in [2.45, 2.75) is 44.3 Å². The zero-order valence-electron chi connectivity index (χ0n) is 28.1. The monoisotopic (exact) mass is 745 g/mol. The number of carbonyl (C=O) groups is 2. The summed E-state index contributed by atoms with van der Waals surface area (Å²) in [7, 11) is 3.09. The van der Waals surface area contributed by atoms with E-state index in [-0.39, 0.29) is 51.2 Å². The molecule has 0 unspecified atom stereocenters. The average molecular weight is 747 g/mol. The van der Waals surface area contributed by atoms with E-state index in [0.717, 1.165) is 35.1 Å². The SMILES string of the molecule is CNC(=O)OCCc1ccc(Cl)c(CN(C(=O)C2=C(c3ccc(OCCOc4c(Cl)cccc4Cl)cc3)CCN[C@@H]2COCOC)C2CC2)c1. The van der Waals surface area contributed by atoms with Gasteiger partial charge < -0.3 is 39.2 Å². The van der Waals surface area contributed by atoms with E-state index in [4.69, 9.17) is 58.5 Å². The first-order chi connectivity index (χ1) is 24.3. The molecule has 1 saturated carbocycles. The summed E-state index contributed by atoms with van der Waals surface area (Å²) >= 11 is 19.1. The highest BCUT2D eigenvalue weighted by molar-refractivity contribution is 6.37. The second-order valence-corrected chi connectivity index (χ2v) is 13.1. The summed E-state index contributed by atoms with van der Waals surface area (Å²) in [5.41, 5.74) is 4.36. The average Bonchev–Trinajstić information content (AvgIpc) is 3.97. The minimum absolute atomic E-state index is 0.0548. The predicted octanol–water partition coefficient (Wildman–Crippen LogP) is 6.93. The maximum atomic E-state index is 14.7. The molecule has 2 N–H and O–H groups in total. The van der Waals surface area contributed by atoms with Crippen LogP contribution in [0.2, 0.25) is 15.1 Å². The Morgan fingerprint density at radius 3 is 2.38 bits per heavy atom. The van der Waals surface area contributed by atoms with Crippen molar-refractivity contribution < 1.29 is 33.3 Å². The van der Waals surface area contributed by atoms with Crippen LogP contribution in [0.5, 0.6) is 11.5 Å². The Balaban J connectivity index is 1.34. The normalized spacial score (nSPS) is 15.8. The molecule has 3 aromatic carbocycles. The molecule has 0 aromatic heterocycles. The molecule has 1 aliphatic heterocycles. The molecule has 0 spiro atoms. The zero-order chi connectivity index (χ0) is 35.5. The van der Waals surface area contributed by atoms with E-state index in [1.54, 1.807) is 25.3 Å². The fourth-order valence-electron chi connectivity index (χ4n) is 5.79. The molecule has 0 radical (unpaired) electrons. The third-order valence-electron chi connectivity index (χ3n) is 8.40. The summed E-state index contributed by atoms with van der Waals surface area (Å²) in [5, 5.41) is 7.40. The van der Waals surface area contributed by atoms with Crippen LogP contribution >= 0.6 is 34.8 Å². The van der Waals surface area contributed by atoms with Crippen LogP contribution in [0.25, 0.3) is 5.57 Å². The lowest BCUT2D eigenvalue weighted by atomic mass is 9.88. The lowest BCUT2D eigenvalue weighted by Gasteiger charge is -2.33. The first-order valence-electron chi connectivity index (χ1n) is 16.5. The highest BCUT2D eigenvalue weighted by Gasteiger charge is 2.38. The van der Waals surface area contributed by atoms with Crippen LogP contribution in [0.3, 0.4) is 0 Å². The van der Waals surface area contributed by atoms with Crippen molar-refractivity contribution in [3.05, 3.63) is 98.0 Å². The predicted molar refractivity (Wildman–Crippen MR) is 194 cm³/mol. The Morgan fingerprint density at radius 2 is 1.68 bits per heavy atom. The first kappa shape index (κ1) is 37.7. The Morgan fingerprint density at radius 1 is 0.940 bits per heavy atom. The van der Waals surface area contributed by atoms with E-state index in [2.05, 4.69) is 10.6 Å². The summed E-state index contributed by atoms with van der Waals surface area (Å²) in [6.45, 7) is 2.20. The molecular weight excluding hydrogens is 705 g/mol. The highest BCUT2D eigenvalue weighted by atomic mass is 35.5. The maximum Gasteiger partial charge on any atom is 0.406 e. The molecule has 50 heavy (non-hydrogen) atoms. The smallest absolute Gasteiger partial charge is 0.406 e. The fraction of sp³-hybridized carbons (Fsp3) is 0.405. The van der Waals surface area contributed by atoms with Crippen LogP contribution in [-0.4, -0.2) is 82.9 Å². The lowest BCUT2D eigenvalue weighted by Crippen LogP contribution is -2.47. The van der Waals surface area contributed by atoms with E-state index >= 15 is 0 Å². The molecule has 0 saturated heterocycles. The number of nitrogens with zero attached hydrogens (tertiary/aromatic N) is 1.